The van der Waals surface area contributed by atoms with Crippen molar-refractivity contribution in [1.82, 2.24) is 21.3 Å². The van der Waals surface area contributed by atoms with Crippen molar-refractivity contribution in [2.75, 3.05) is 0 Å². The third-order valence-corrected chi connectivity index (χ3v) is 7.73. The van der Waals surface area contributed by atoms with Crippen LogP contribution < -0.4 is 21.3 Å². The number of hydrogen-bond donors (Lipinski definition) is 6. The predicted molar refractivity (Wildman–Crippen MR) is 174 cm³/mol. The molecule has 0 heterocycles. The predicted octanol–water partition coefficient (Wildman–Crippen LogP) is 3.33. The van der Waals surface area contributed by atoms with E-state index in [-0.39, 0.29) is 36.4 Å². The Morgan fingerprint density at radius 3 is 1.59 bits per heavy atom. The Kier molecular flexibility index (Phi) is 19.7. The number of carbonyl (C=O) groups excluding carboxylic acids is 5. The summed E-state index contributed by atoms with van der Waals surface area (Å²) in [5.74, 6) is -6.55. The Morgan fingerprint density at radius 2 is 1.13 bits per heavy atom. The van der Waals surface area contributed by atoms with Crippen molar-refractivity contribution >= 4 is 41.4 Å². The molecule has 0 aromatic carbocycles. The molecule has 6 N–H and O–H groups in total. The number of rotatable bonds is 23. The average Bonchev–Trinajstić information content (AvgIpc) is 2.94. The molecule has 0 aromatic heterocycles. The number of unbranched alkanes of at least 4 members (excludes halogenated alkanes) is 4. The summed E-state index contributed by atoms with van der Waals surface area (Å²) in [6, 6.07) is -5.57. The second kappa shape index (κ2) is 21.3. The van der Waals surface area contributed by atoms with Gasteiger partial charge >= 0.3 is 11.9 Å². The van der Waals surface area contributed by atoms with Gasteiger partial charge in [0, 0.05) is 18.8 Å². The fourth-order valence-electron chi connectivity index (χ4n) is 4.94. The molecule has 0 aliphatic carbocycles. The van der Waals surface area contributed by atoms with Gasteiger partial charge in [-0.15, -0.1) is 0 Å². The van der Waals surface area contributed by atoms with Gasteiger partial charge in [0.2, 0.25) is 23.6 Å². The van der Waals surface area contributed by atoms with Crippen molar-refractivity contribution in [2.45, 2.75) is 150 Å². The molecule has 46 heavy (non-hydrogen) atoms. The van der Waals surface area contributed by atoms with Crippen molar-refractivity contribution in [3.05, 3.63) is 0 Å². The molecule has 0 rings (SSSR count). The van der Waals surface area contributed by atoms with E-state index in [9.17, 15) is 43.8 Å². The van der Waals surface area contributed by atoms with Gasteiger partial charge in [0.25, 0.3) is 0 Å². The number of aliphatic carboxylic acids is 2. The van der Waals surface area contributed by atoms with Crippen molar-refractivity contribution in [2.24, 2.45) is 17.3 Å². The number of amides is 4. The van der Waals surface area contributed by atoms with Crippen LogP contribution in [0.5, 0.6) is 0 Å². The maximum Gasteiger partial charge on any atom is 0.326 e. The van der Waals surface area contributed by atoms with Gasteiger partial charge < -0.3 is 31.5 Å². The lowest BCUT2D eigenvalue weighted by molar-refractivity contribution is -0.144. The topological polar surface area (TPSA) is 208 Å². The number of ketones is 1. The molecule has 0 spiro atoms. The maximum atomic E-state index is 13.6. The van der Waals surface area contributed by atoms with E-state index >= 15 is 0 Å². The molecule has 0 aromatic rings. The van der Waals surface area contributed by atoms with Crippen LogP contribution >= 0.6 is 0 Å². The average molecular weight is 655 g/mol. The molecule has 0 aliphatic rings. The molecule has 0 fully saturated rings. The van der Waals surface area contributed by atoms with Gasteiger partial charge in [-0.1, -0.05) is 81.1 Å². The summed E-state index contributed by atoms with van der Waals surface area (Å²) in [6.45, 7) is 14.5. The van der Waals surface area contributed by atoms with Gasteiger partial charge in [0.05, 0.1) is 6.42 Å². The van der Waals surface area contributed by atoms with Crippen LogP contribution in [0.2, 0.25) is 0 Å². The summed E-state index contributed by atoms with van der Waals surface area (Å²) >= 11 is 0. The first-order valence-corrected chi connectivity index (χ1v) is 16.5. The van der Waals surface area contributed by atoms with Crippen molar-refractivity contribution in [3.8, 4) is 0 Å². The first-order valence-electron chi connectivity index (χ1n) is 16.5. The molecule has 0 saturated carbocycles. The Balaban J connectivity index is 6.22. The number of carboxylic acids is 2. The molecule has 13 nitrogen and oxygen atoms in total. The standard InChI is InChI=1S/C33H58N4O9/c1-9-12-13-14-15-16-22(38)18-23(35-31(44)27(33(6,7)8)37-28(41)21(10-2)11-3)29(42)34-24(19-26(39)40)30(43)36-25(32(45)46)17-20(4)5/h20-21,23-25,27H,9-19H2,1-8H3,(H,34,42)(H,35,44)(H,36,43)(H,37,41)(H,39,40)(H,45,46)/t23?,24-,25-,27+/m0/s1. The number of nitrogens with one attached hydrogen (secondary N) is 4. The minimum atomic E-state index is -1.68. The summed E-state index contributed by atoms with van der Waals surface area (Å²) < 4.78 is 0. The van der Waals surface area contributed by atoms with Crippen molar-refractivity contribution in [1.29, 1.82) is 0 Å². The Bertz CT molecular complexity index is 1030. The fraction of sp³-hybridized carbons (Fsp3) is 0.788. The van der Waals surface area contributed by atoms with Crippen LogP contribution in [0, 0.1) is 17.3 Å². The quantitative estimate of drug-likeness (QED) is 0.0892. The van der Waals surface area contributed by atoms with Crippen LogP contribution in [0.1, 0.15) is 126 Å². The molecule has 4 atom stereocenters. The third-order valence-electron chi connectivity index (χ3n) is 7.73. The molecule has 0 saturated heterocycles. The maximum absolute atomic E-state index is 13.6. The number of Topliss-reactive ketones (excluding diaryl/α,β-unsaturated/α-hetero) is 1. The third kappa shape index (κ3) is 16.7. The van der Waals surface area contributed by atoms with E-state index in [0.717, 1.165) is 25.7 Å². The Hall–Kier alpha value is -3.51. The SMILES string of the molecule is CCCCCCCC(=O)CC(NC(=O)[C@@H](NC(=O)C(CC)CC)C(C)(C)C)C(=O)N[C@@H](CC(=O)O)C(=O)N[C@@H](CC(C)C)C(=O)O. The highest BCUT2D eigenvalue weighted by Crippen LogP contribution is 2.21. The molecule has 1 unspecified atom stereocenters. The molecule has 4 amide bonds. The smallest absolute Gasteiger partial charge is 0.326 e. The lowest BCUT2D eigenvalue weighted by Gasteiger charge is -2.33. The van der Waals surface area contributed by atoms with E-state index in [1.807, 2.05) is 13.8 Å². The van der Waals surface area contributed by atoms with Crippen LogP contribution in [-0.2, 0) is 33.6 Å². The summed E-state index contributed by atoms with van der Waals surface area (Å²) in [5, 5.41) is 28.9. The number of hydrogen-bond acceptors (Lipinski definition) is 7. The van der Waals surface area contributed by atoms with E-state index < -0.39 is 72.1 Å². The van der Waals surface area contributed by atoms with Crippen LogP contribution in [0.3, 0.4) is 0 Å². The minimum Gasteiger partial charge on any atom is -0.481 e. The molecule has 0 radical (unpaired) electrons. The summed E-state index contributed by atoms with van der Waals surface area (Å²) in [6.07, 6.45) is 4.48. The zero-order valence-corrected chi connectivity index (χ0v) is 29.0. The lowest BCUT2D eigenvalue weighted by Crippen LogP contribution is -2.60. The summed E-state index contributed by atoms with van der Waals surface area (Å²) in [5.41, 5.74) is -0.788. The van der Waals surface area contributed by atoms with E-state index in [4.69, 9.17) is 0 Å². The highest BCUT2D eigenvalue weighted by molar-refractivity contribution is 5.98. The molecule has 0 bridgehead atoms. The zero-order valence-electron chi connectivity index (χ0n) is 29.0. The second-order valence-electron chi connectivity index (χ2n) is 13.5. The Labute approximate surface area is 273 Å². The second-order valence-corrected chi connectivity index (χ2v) is 13.5. The first kappa shape index (κ1) is 42.5. The van der Waals surface area contributed by atoms with E-state index in [0.29, 0.717) is 19.3 Å². The lowest BCUT2D eigenvalue weighted by atomic mass is 9.85. The highest BCUT2D eigenvalue weighted by atomic mass is 16.4. The normalized spacial score (nSPS) is 14.1. The minimum absolute atomic E-state index is 0.0666. The van der Waals surface area contributed by atoms with Crippen molar-refractivity contribution < 1.29 is 43.8 Å². The van der Waals surface area contributed by atoms with Crippen LogP contribution in [0.25, 0.3) is 0 Å². The molecule has 264 valence electrons. The van der Waals surface area contributed by atoms with E-state index in [2.05, 4.69) is 28.2 Å². The highest BCUT2D eigenvalue weighted by Gasteiger charge is 2.37. The Morgan fingerprint density at radius 1 is 0.630 bits per heavy atom. The van der Waals surface area contributed by atoms with Gasteiger partial charge in [0.15, 0.2) is 0 Å². The molecular weight excluding hydrogens is 596 g/mol. The fourth-order valence-corrected chi connectivity index (χ4v) is 4.94. The van der Waals surface area contributed by atoms with E-state index in [1.165, 1.54) is 0 Å². The van der Waals surface area contributed by atoms with Gasteiger partial charge in [-0.25, -0.2) is 4.79 Å². The van der Waals surface area contributed by atoms with Crippen LogP contribution in [0.4, 0.5) is 0 Å². The number of carbonyl (C=O) groups is 7. The number of carboxylic acid groups (broad SMARTS) is 2. The first-order chi connectivity index (χ1) is 21.4. The monoisotopic (exact) mass is 654 g/mol. The van der Waals surface area contributed by atoms with Gasteiger partial charge in [-0.3, -0.25) is 28.8 Å². The molecule has 13 heteroatoms. The zero-order chi connectivity index (χ0) is 35.6. The largest absolute Gasteiger partial charge is 0.481 e. The van der Waals surface area contributed by atoms with Crippen LogP contribution in [0.15, 0.2) is 0 Å². The molecular formula is C33H58N4O9. The summed E-state index contributed by atoms with van der Waals surface area (Å²) in [7, 11) is 0. The van der Waals surface area contributed by atoms with E-state index in [1.54, 1.807) is 34.6 Å². The van der Waals surface area contributed by atoms with Gasteiger partial charge in [-0.2, -0.15) is 0 Å². The summed E-state index contributed by atoms with van der Waals surface area (Å²) in [4.78, 5) is 89.4. The van der Waals surface area contributed by atoms with Gasteiger partial charge in [-0.05, 0) is 37.0 Å². The van der Waals surface area contributed by atoms with Crippen molar-refractivity contribution in [3.63, 3.8) is 0 Å². The van der Waals surface area contributed by atoms with Gasteiger partial charge in [0.1, 0.15) is 30.0 Å². The van der Waals surface area contributed by atoms with Crippen LogP contribution in [-0.4, -0.2) is 75.7 Å². The molecule has 0 aliphatic heterocycles.